The zero-order chi connectivity index (χ0) is 15.6. The molecule has 106 valence electrons. The summed E-state index contributed by atoms with van der Waals surface area (Å²) in [6.45, 7) is 0. The lowest BCUT2D eigenvalue weighted by Gasteiger charge is -2.07. The monoisotopic (exact) mass is 288 g/mol. The number of carbonyl (C=O) groups is 1. The van der Waals surface area contributed by atoms with E-state index >= 15 is 0 Å². The van der Waals surface area contributed by atoms with Gasteiger partial charge in [-0.3, -0.25) is 20.2 Å². The Bertz CT molecular complexity index is 756. The van der Waals surface area contributed by atoms with Gasteiger partial charge in [0.05, 0.1) is 21.0 Å². The van der Waals surface area contributed by atoms with E-state index in [4.69, 9.17) is 0 Å². The van der Waals surface area contributed by atoms with Crippen LogP contribution in [0, 0.1) is 20.2 Å². The Balaban J connectivity index is 2.72. The molecule has 0 atom stereocenters. The van der Waals surface area contributed by atoms with E-state index < -0.39 is 21.5 Å². The van der Waals surface area contributed by atoms with Gasteiger partial charge in [-0.1, -0.05) is 12.1 Å². The number of hydrogen-bond acceptors (Lipinski definition) is 5. The average Bonchev–Trinajstić information content (AvgIpc) is 2.46. The Hall–Kier alpha value is -3.29. The van der Waals surface area contributed by atoms with E-state index in [-0.39, 0.29) is 22.4 Å². The Morgan fingerprint density at radius 1 is 0.952 bits per heavy atom. The zero-order valence-electron chi connectivity index (χ0n) is 10.4. The molecule has 0 aliphatic heterocycles. The van der Waals surface area contributed by atoms with Crippen molar-refractivity contribution >= 4 is 17.3 Å². The minimum atomic E-state index is -1.40. The third-order valence-electron chi connectivity index (χ3n) is 2.84. The van der Waals surface area contributed by atoms with Crippen molar-refractivity contribution in [2.75, 3.05) is 0 Å². The smallest absolute Gasteiger partial charge is 0.336 e. The van der Waals surface area contributed by atoms with Gasteiger partial charge in [0.15, 0.2) is 0 Å². The van der Waals surface area contributed by atoms with E-state index in [9.17, 15) is 30.1 Å². The number of carboxylic acids is 1. The zero-order valence-corrected chi connectivity index (χ0v) is 10.4. The van der Waals surface area contributed by atoms with E-state index in [1.165, 1.54) is 30.3 Å². The van der Waals surface area contributed by atoms with Crippen LogP contribution in [0.25, 0.3) is 11.1 Å². The van der Waals surface area contributed by atoms with E-state index in [0.29, 0.717) is 0 Å². The molecule has 1 N–H and O–H groups in total. The molecule has 0 saturated carbocycles. The van der Waals surface area contributed by atoms with Crippen molar-refractivity contribution < 1.29 is 19.7 Å². The topological polar surface area (TPSA) is 124 Å². The van der Waals surface area contributed by atoms with E-state index in [1.54, 1.807) is 0 Å². The number of non-ortho nitro benzene ring substituents is 1. The number of nitro groups is 2. The van der Waals surface area contributed by atoms with Gasteiger partial charge < -0.3 is 5.11 Å². The van der Waals surface area contributed by atoms with Crippen LogP contribution in [0.4, 0.5) is 11.4 Å². The lowest BCUT2D eigenvalue weighted by atomic mass is 9.97. The Morgan fingerprint density at radius 3 is 2.19 bits per heavy atom. The van der Waals surface area contributed by atoms with Gasteiger partial charge in [0, 0.05) is 23.8 Å². The maximum absolute atomic E-state index is 11.3. The fourth-order valence-electron chi connectivity index (χ4n) is 1.92. The van der Waals surface area contributed by atoms with Crippen LogP contribution in [0.15, 0.2) is 42.5 Å². The Labute approximate surface area is 117 Å². The predicted octanol–water partition coefficient (Wildman–Crippen LogP) is 2.87. The molecule has 8 nitrogen and oxygen atoms in total. The van der Waals surface area contributed by atoms with Crippen LogP contribution in [0.2, 0.25) is 0 Å². The van der Waals surface area contributed by atoms with Crippen LogP contribution in [-0.2, 0) is 0 Å². The molecule has 0 unspecified atom stereocenters. The van der Waals surface area contributed by atoms with Gasteiger partial charge in [0.1, 0.15) is 0 Å². The molecule has 0 spiro atoms. The molecule has 0 radical (unpaired) electrons. The highest BCUT2D eigenvalue weighted by molar-refractivity contribution is 5.98. The first-order valence-electron chi connectivity index (χ1n) is 5.67. The summed E-state index contributed by atoms with van der Waals surface area (Å²) in [5.41, 5.74) is -0.878. The fourth-order valence-corrected chi connectivity index (χ4v) is 1.92. The lowest BCUT2D eigenvalue weighted by Crippen LogP contribution is -2.02. The quantitative estimate of drug-likeness (QED) is 0.681. The molecule has 2 aromatic carbocycles. The van der Waals surface area contributed by atoms with Crippen LogP contribution in [0.3, 0.4) is 0 Å². The molecular formula is C13H8N2O6. The molecule has 0 aliphatic carbocycles. The second-order valence-corrected chi connectivity index (χ2v) is 4.07. The highest BCUT2D eigenvalue weighted by Crippen LogP contribution is 2.33. The number of rotatable bonds is 4. The summed E-state index contributed by atoms with van der Waals surface area (Å²) < 4.78 is 0. The third kappa shape index (κ3) is 2.68. The SMILES string of the molecule is O=C(O)c1cc([N+](=O)[O-])ccc1-c1ccccc1[N+](=O)[O-]. The highest BCUT2D eigenvalue weighted by Gasteiger charge is 2.22. The van der Waals surface area contributed by atoms with E-state index in [1.807, 2.05) is 0 Å². The Kier molecular flexibility index (Phi) is 3.61. The van der Waals surface area contributed by atoms with Gasteiger partial charge in [-0.05, 0) is 12.1 Å². The predicted molar refractivity (Wildman–Crippen MR) is 72.1 cm³/mol. The van der Waals surface area contributed by atoms with Crippen LogP contribution >= 0.6 is 0 Å². The molecule has 2 aromatic rings. The largest absolute Gasteiger partial charge is 0.478 e. The molecule has 8 heteroatoms. The molecular weight excluding hydrogens is 280 g/mol. The van der Waals surface area contributed by atoms with Gasteiger partial charge in [-0.15, -0.1) is 0 Å². The van der Waals surface area contributed by atoms with Crippen LogP contribution in [0.5, 0.6) is 0 Å². The number of para-hydroxylation sites is 1. The van der Waals surface area contributed by atoms with Crippen LogP contribution in [0.1, 0.15) is 10.4 Å². The number of hydrogen-bond donors (Lipinski definition) is 1. The van der Waals surface area contributed by atoms with Gasteiger partial charge in [-0.25, -0.2) is 4.79 Å². The summed E-state index contributed by atoms with van der Waals surface area (Å²) >= 11 is 0. The van der Waals surface area contributed by atoms with Crippen molar-refractivity contribution in [3.05, 3.63) is 68.3 Å². The van der Waals surface area contributed by atoms with E-state index in [2.05, 4.69) is 0 Å². The number of benzene rings is 2. The highest BCUT2D eigenvalue weighted by atomic mass is 16.6. The molecule has 2 rings (SSSR count). The molecule has 0 bridgehead atoms. The summed E-state index contributed by atoms with van der Waals surface area (Å²) in [4.78, 5) is 31.6. The first-order valence-corrected chi connectivity index (χ1v) is 5.67. The normalized spacial score (nSPS) is 10.1. The minimum absolute atomic E-state index is 0.0559. The molecule has 0 fully saturated rings. The number of aromatic carboxylic acids is 1. The van der Waals surface area contributed by atoms with Crippen molar-refractivity contribution in [2.45, 2.75) is 0 Å². The second kappa shape index (κ2) is 5.37. The van der Waals surface area contributed by atoms with E-state index in [0.717, 1.165) is 12.1 Å². The van der Waals surface area contributed by atoms with Crippen LogP contribution < -0.4 is 0 Å². The molecule has 21 heavy (non-hydrogen) atoms. The standard InChI is InChI=1S/C13H8N2O6/c16-13(17)11-7-8(14(18)19)5-6-9(11)10-3-1-2-4-12(10)15(20)21/h1-7H,(H,16,17). The summed E-state index contributed by atoms with van der Waals surface area (Å²) in [6.07, 6.45) is 0. The summed E-state index contributed by atoms with van der Waals surface area (Å²) in [6, 6.07) is 8.80. The molecule has 0 aliphatic rings. The minimum Gasteiger partial charge on any atom is -0.478 e. The second-order valence-electron chi connectivity index (χ2n) is 4.07. The molecule has 0 aromatic heterocycles. The number of carboxylic acid groups (broad SMARTS) is 1. The maximum Gasteiger partial charge on any atom is 0.336 e. The molecule has 0 amide bonds. The van der Waals surface area contributed by atoms with Crippen LogP contribution in [-0.4, -0.2) is 20.9 Å². The van der Waals surface area contributed by atoms with Gasteiger partial charge in [0.2, 0.25) is 0 Å². The van der Waals surface area contributed by atoms with Gasteiger partial charge in [-0.2, -0.15) is 0 Å². The van der Waals surface area contributed by atoms with Gasteiger partial charge >= 0.3 is 5.97 Å². The summed E-state index contributed by atoms with van der Waals surface area (Å²) in [7, 11) is 0. The third-order valence-corrected chi connectivity index (χ3v) is 2.84. The number of nitro benzene ring substituents is 2. The first kappa shape index (κ1) is 14.1. The fraction of sp³-hybridized carbons (Fsp3) is 0. The lowest BCUT2D eigenvalue weighted by molar-refractivity contribution is -0.385. The average molecular weight is 288 g/mol. The van der Waals surface area contributed by atoms with Crippen molar-refractivity contribution in [3.63, 3.8) is 0 Å². The summed E-state index contributed by atoms with van der Waals surface area (Å²) in [5.74, 6) is -1.40. The van der Waals surface area contributed by atoms with Crippen molar-refractivity contribution in [2.24, 2.45) is 0 Å². The van der Waals surface area contributed by atoms with Crippen molar-refractivity contribution in [1.82, 2.24) is 0 Å². The summed E-state index contributed by atoms with van der Waals surface area (Å²) in [5, 5.41) is 30.9. The first-order chi connectivity index (χ1) is 9.91. The molecule has 0 saturated heterocycles. The maximum atomic E-state index is 11.3. The van der Waals surface area contributed by atoms with Crippen molar-refractivity contribution in [3.8, 4) is 11.1 Å². The number of nitrogens with zero attached hydrogens (tertiary/aromatic N) is 2. The Morgan fingerprint density at radius 2 is 1.62 bits per heavy atom. The molecule has 0 heterocycles. The van der Waals surface area contributed by atoms with Crippen molar-refractivity contribution in [1.29, 1.82) is 0 Å². The van der Waals surface area contributed by atoms with Gasteiger partial charge in [0.25, 0.3) is 11.4 Å².